The second-order valence-electron chi connectivity index (χ2n) is 4.81. The molecule has 0 unspecified atom stereocenters. The summed E-state index contributed by atoms with van der Waals surface area (Å²) in [6, 6.07) is 8.51. The largest absolute Gasteiger partial charge is 0.493 e. The Balaban J connectivity index is 1.86. The van der Waals surface area contributed by atoms with Crippen molar-refractivity contribution in [3.8, 4) is 11.5 Å². The SMILES string of the molecule is COc1ccc(CCNC(=O)Cn2ncccc2=O)cc1OC. The summed E-state index contributed by atoms with van der Waals surface area (Å²) < 4.78 is 11.5. The van der Waals surface area contributed by atoms with Crippen molar-refractivity contribution in [2.24, 2.45) is 0 Å². The third kappa shape index (κ3) is 4.57. The Hall–Kier alpha value is -2.83. The topological polar surface area (TPSA) is 82.5 Å². The lowest BCUT2D eigenvalue weighted by molar-refractivity contribution is -0.121. The fraction of sp³-hybridized carbons (Fsp3) is 0.312. The fourth-order valence-electron chi connectivity index (χ4n) is 2.08. The number of rotatable bonds is 7. The molecule has 7 heteroatoms. The number of nitrogens with one attached hydrogen (secondary N) is 1. The average Bonchev–Trinajstić information content (AvgIpc) is 2.56. The van der Waals surface area contributed by atoms with Crippen molar-refractivity contribution in [3.63, 3.8) is 0 Å². The molecule has 2 aromatic rings. The van der Waals surface area contributed by atoms with E-state index < -0.39 is 0 Å². The van der Waals surface area contributed by atoms with Gasteiger partial charge in [-0.2, -0.15) is 5.10 Å². The molecule has 0 radical (unpaired) electrons. The number of hydrogen-bond donors (Lipinski definition) is 1. The van der Waals surface area contributed by atoms with Crippen molar-refractivity contribution in [1.82, 2.24) is 15.1 Å². The fourth-order valence-corrected chi connectivity index (χ4v) is 2.08. The van der Waals surface area contributed by atoms with Crippen LogP contribution in [0, 0.1) is 0 Å². The van der Waals surface area contributed by atoms with Crippen LogP contribution in [0.5, 0.6) is 11.5 Å². The summed E-state index contributed by atoms with van der Waals surface area (Å²) >= 11 is 0. The first-order chi connectivity index (χ1) is 11.1. The van der Waals surface area contributed by atoms with Gasteiger partial charge in [0.1, 0.15) is 6.54 Å². The summed E-state index contributed by atoms with van der Waals surface area (Å²) in [5.74, 6) is 1.05. The highest BCUT2D eigenvalue weighted by Gasteiger charge is 2.07. The molecule has 1 heterocycles. The molecule has 0 fully saturated rings. The van der Waals surface area contributed by atoms with Gasteiger partial charge in [-0.1, -0.05) is 6.07 Å². The zero-order valence-electron chi connectivity index (χ0n) is 13.1. The number of aromatic nitrogens is 2. The number of ether oxygens (including phenoxy) is 2. The number of nitrogens with zero attached hydrogens (tertiary/aromatic N) is 2. The summed E-state index contributed by atoms with van der Waals surface area (Å²) in [6.45, 7) is 0.363. The van der Waals surface area contributed by atoms with E-state index in [9.17, 15) is 9.59 Å². The van der Waals surface area contributed by atoms with E-state index in [4.69, 9.17) is 9.47 Å². The molecule has 7 nitrogen and oxygen atoms in total. The molecule has 0 saturated heterocycles. The summed E-state index contributed by atoms with van der Waals surface area (Å²) in [5, 5.41) is 6.60. The van der Waals surface area contributed by atoms with Gasteiger partial charge in [-0.3, -0.25) is 9.59 Å². The van der Waals surface area contributed by atoms with E-state index in [0.717, 1.165) is 10.2 Å². The van der Waals surface area contributed by atoms with Crippen molar-refractivity contribution in [3.05, 3.63) is 52.4 Å². The Morgan fingerprint density at radius 3 is 2.70 bits per heavy atom. The zero-order chi connectivity index (χ0) is 16.7. The van der Waals surface area contributed by atoms with Crippen molar-refractivity contribution >= 4 is 5.91 Å². The van der Waals surface area contributed by atoms with E-state index in [0.29, 0.717) is 24.5 Å². The highest BCUT2D eigenvalue weighted by Crippen LogP contribution is 2.27. The van der Waals surface area contributed by atoms with E-state index in [1.54, 1.807) is 14.2 Å². The van der Waals surface area contributed by atoms with E-state index in [-0.39, 0.29) is 18.0 Å². The van der Waals surface area contributed by atoms with Gasteiger partial charge >= 0.3 is 0 Å². The van der Waals surface area contributed by atoms with E-state index in [1.807, 2.05) is 18.2 Å². The molecule has 2 rings (SSSR count). The Kier molecular flexibility index (Phi) is 5.74. The molecule has 23 heavy (non-hydrogen) atoms. The maximum absolute atomic E-state index is 11.8. The maximum atomic E-state index is 11.8. The lowest BCUT2D eigenvalue weighted by Gasteiger charge is -2.10. The van der Waals surface area contributed by atoms with Crippen LogP contribution in [0.2, 0.25) is 0 Å². The summed E-state index contributed by atoms with van der Waals surface area (Å²) in [6.07, 6.45) is 2.11. The smallest absolute Gasteiger partial charge is 0.267 e. The van der Waals surface area contributed by atoms with Gasteiger partial charge in [-0.15, -0.1) is 0 Å². The van der Waals surface area contributed by atoms with Crippen molar-refractivity contribution in [2.75, 3.05) is 20.8 Å². The van der Waals surface area contributed by atoms with Crippen LogP contribution in [0.15, 0.2) is 41.3 Å². The second-order valence-corrected chi connectivity index (χ2v) is 4.81. The first-order valence-electron chi connectivity index (χ1n) is 7.14. The molecule has 122 valence electrons. The van der Waals surface area contributed by atoms with E-state index in [1.165, 1.54) is 18.3 Å². The predicted octanol–water partition coefficient (Wildman–Crippen LogP) is 0.619. The van der Waals surface area contributed by atoms with Crippen LogP contribution >= 0.6 is 0 Å². The monoisotopic (exact) mass is 317 g/mol. The molecular formula is C16H19N3O4. The first-order valence-corrected chi connectivity index (χ1v) is 7.14. The molecule has 0 aliphatic carbocycles. The average molecular weight is 317 g/mol. The van der Waals surface area contributed by atoms with Crippen LogP contribution in [0.25, 0.3) is 0 Å². The lowest BCUT2D eigenvalue weighted by Crippen LogP contribution is -2.34. The summed E-state index contributed by atoms with van der Waals surface area (Å²) in [4.78, 5) is 23.3. The predicted molar refractivity (Wildman–Crippen MR) is 84.8 cm³/mol. The lowest BCUT2D eigenvalue weighted by atomic mass is 10.1. The van der Waals surface area contributed by atoms with Gasteiger partial charge < -0.3 is 14.8 Å². The van der Waals surface area contributed by atoms with Gasteiger partial charge in [-0.05, 0) is 30.2 Å². The van der Waals surface area contributed by atoms with Crippen LogP contribution in [-0.4, -0.2) is 36.5 Å². The maximum Gasteiger partial charge on any atom is 0.267 e. The highest BCUT2D eigenvalue weighted by molar-refractivity contribution is 5.75. The summed E-state index contributed by atoms with van der Waals surface area (Å²) in [7, 11) is 3.16. The van der Waals surface area contributed by atoms with Gasteiger partial charge in [0.25, 0.3) is 5.56 Å². The van der Waals surface area contributed by atoms with Crippen LogP contribution in [0.3, 0.4) is 0 Å². The number of hydrogen-bond acceptors (Lipinski definition) is 5. The number of benzene rings is 1. The molecule has 1 aromatic carbocycles. The second kappa shape index (κ2) is 7.98. The van der Waals surface area contributed by atoms with Crippen LogP contribution in [0.4, 0.5) is 0 Å². The number of methoxy groups -OCH3 is 2. The van der Waals surface area contributed by atoms with Crippen LogP contribution in [0.1, 0.15) is 5.56 Å². The van der Waals surface area contributed by atoms with Crippen molar-refractivity contribution in [2.45, 2.75) is 13.0 Å². The minimum absolute atomic E-state index is 0.0917. The summed E-state index contributed by atoms with van der Waals surface area (Å²) in [5.41, 5.74) is 0.709. The van der Waals surface area contributed by atoms with E-state index in [2.05, 4.69) is 10.4 Å². The Bertz CT molecular complexity index is 727. The molecule has 0 saturated carbocycles. The first kappa shape index (κ1) is 16.5. The van der Waals surface area contributed by atoms with E-state index >= 15 is 0 Å². The van der Waals surface area contributed by atoms with Crippen molar-refractivity contribution < 1.29 is 14.3 Å². The number of amides is 1. The molecule has 0 atom stereocenters. The van der Waals surface area contributed by atoms with Crippen LogP contribution in [-0.2, 0) is 17.8 Å². The normalized spacial score (nSPS) is 10.2. The van der Waals surface area contributed by atoms with Crippen molar-refractivity contribution in [1.29, 1.82) is 0 Å². The molecule has 1 amide bonds. The molecule has 0 bridgehead atoms. The quantitative estimate of drug-likeness (QED) is 0.809. The molecule has 0 spiro atoms. The Morgan fingerprint density at radius 1 is 1.22 bits per heavy atom. The molecule has 0 aliphatic heterocycles. The third-order valence-corrected chi connectivity index (χ3v) is 3.26. The molecular weight excluding hydrogens is 298 g/mol. The van der Waals surface area contributed by atoms with Gasteiger partial charge in [-0.25, -0.2) is 4.68 Å². The molecule has 1 N–H and O–H groups in total. The minimum Gasteiger partial charge on any atom is -0.493 e. The van der Waals surface area contributed by atoms with Gasteiger partial charge in [0.2, 0.25) is 5.91 Å². The Morgan fingerprint density at radius 2 is 2.00 bits per heavy atom. The van der Waals surface area contributed by atoms with Gasteiger partial charge in [0.15, 0.2) is 11.5 Å². The van der Waals surface area contributed by atoms with Gasteiger partial charge in [0, 0.05) is 18.8 Å². The molecule has 0 aliphatic rings. The standard InChI is InChI=1S/C16H19N3O4/c1-22-13-6-5-12(10-14(13)23-2)7-9-17-15(20)11-19-16(21)4-3-8-18-19/h3-6,8,10H,7,9,11H2,1-2H3,(H,17,20). The Labute approximate surface area is 133 Å². The molecule has 1 aromatic heterocycles. The zero-order valence-corrected chi connectivity index (χ0v) is 13.1. The highest BCUT2D eigenvalue weighted by atomic mass is 16.5. The minimum atomic E-state index is -0.303. The van der Waals surface area contributed by atoms with Gasteiger partial charge in [0.05, 0.1) is 14.2 Å². The number of carbonyl (C=O) groups excluding carboxylic acids is 1. The number of carbonyl (C=O) groups is 1. The third-order valence-electron chi connectivity index (χ3n) is 3.26. The van der Waals surface area contributed by atoms with Crippen LogP contribution < -0.4 is 20.3 Å².